The van der Waals surface area contributed by atoms with Crippen molar-refractivity contribution in [1.29, 1.82) is 0 Å². The Morgan fingerprint density at radius 2 is 1.90 bits per heavy atom. The van der Waals surface area contributed by atoms with E-state index in [-0.39, 0.29) is 23.9 Å². The number of benzene rings is 2. The Balaban J connectivity index is 1.48. The number of fused-ring (bicyclic) bond motifs is 2. The smallest absolute Gasteiger partial charge is 0.251 e. The van der Waals surface area contributed by atoms with E-state index in [4.69, 9.17) is 0 Å². The molecule has 0 saturated heterocycles. The van der Waals surface area contributed by atoms with Crippen molar-refractivity contribution in [2.45, 2.75) is 58.0 Å². The molecule has 1 aliphatic carbocycles. The van der Waals surface area contributed by atoms with Gasteiger partial charge in [-0.05, 0) is 74.8 Å². The molecule has 158 valence electrons. The molecule has 4 rings (SSSR count). The first kappa shape index (κ1) is 20.5. The van der Waals surface area contributed by atoms with Crippen LogP contribution in [0, 0.1) is 0 Å². The van der Waals surface area contributed by atoms with Crippen LogP contribution in [-0.4, -0.2) is 30.9 Å². The Labute approximate surface area is 178 Å². The molecule has 5 heteroatoms. The monoisotopic (exact) mass is 405 g/mol. The first-order chi connectivity index (χ1) is 14.5. The predicted molar refractivity (Wildman–Crippen MR) is 120 cm³/mol. The summed E-state index contributed by atoms with van der Waals surface area (Å²) in [5, 5.41) is 6.25. The minimum atomic E-state index is -0.0352. The van der Waals surface area contributed by atoms with Gasteiger partial charge in [0, 0.05) is 23.8 Å². The Morgan fingerprint density at radius 1 is 1.07 bits per heavy atom. The first-order valence-electron chi connectivity index (χ1n) is 11.1. The molecule has 2 aromatic rings. The van der Waals surface area contributed by atoms with Crippen molar-refractivity contribution in [3.63, 3.8) is 0 Å². The van der Waals surface area contributed by atoms with Crippen molar-refractivity contribution < 1.29 is 9.59 Å². The highest BCUT2D eigenvalue weighted by Gasteiger charge is 2.26. The zero-order valence-corrected chi connectivity index (χ0v) is 17.9. The third-order valence-electron chi connectivity index (χ3n) is 6.05. The van der Waals surface area contributed by atoms with E-state index in [0.717, 1.165) is 55.5 Å². The van der Waals surface area contributed by atoms with Crippen molar-refractivity contribution in [3.8, 4) is 0 Å². The van der Waals surface area contributed by atoms with Gasteiger partial charge >= 0.3 is 0 Å². The third kappa shape index (κ3) is 4.35. The minimum absolute atomic E-state index is 0.0352. The van der Waals surface area contributed by atoms with E-state index in [1.54, 1.807) is 0 Å². The SMILES string of the molecule is CC(C)NC(=O)c1cccc2c1CCCN2CC(=O)NC1CCCc2ccccc21. The van der Waals surface area contributed by atoms with Crippen LogP contribution in [0.4, 0.5) is 5.69 Å². The molecule has 2 aliphatic rings. The van der Waals surface area contributed by atoms with E-state index in [1.807, 2.05) is 38.1 Å². The van der Waals surface area contributed by atoms with E-state index in [1.165, 1.54) is 11.1 Å². The fourth-order valence-corrected chi connectivity index (χ4v) is 4.73. The molecule has 1 aliphatic heterocycles. The van der Waals surface area contributed by atoms with Crippen LogP contribution < -0.4 is 15.5 Å². The number of rotatable bonds is 5. The predicted octanol–water partition coefficient (Wildman–Crippen LogP) is 3.77. The molecule has 0 spiro atoms. The second kappa shape index (κ2) is 8.90. The molecule has 0 fully saturated rings. The van der Waals surface area contributed by atoms with Gasteiger partial charge in [-0.25, -0.2) is 0 Å². The molecule has 1 heterocycles. The molecule has 2 amide bonds. The summed E-state index contributed by atoms with van der Waals surface area (Å²) in [4.78, 5) is 27.7. The lowest BCUT2D eigenvalue weighted by Crippen LogP contribution is -2.42. The van der Waals surface area contributed by atoms with E-state index < -0.39 is 0 Å². The first-order valence-corrected chi connectivity index (χ1v) is 11.1. The van der Waals surface area contributed by atoms with E-state index in [0.29, 0.717) is 6.54 Å². The number of hydrogen-bond acceptors (Lipinski definition) is 3. The van der Waals surface area contributed by atoms with Gasteiger partial charge in [0.25, 0.3) is 5.91 Å². The third-order valence-corrected chi connectivity index (χ3v) is 6.05. The molecule has 30 heavy (non-hydrogen) atoms. The number of hydrogen-bond donors (Lipinski definition) is 2. The molecule has 2 N–H and O–H groups in total. The van der Waals surface area contributed by atoms with Crippen LogP contribution in [0.2, 0.25) is 0 Å². The quantitative estimate of drug-likeness (QED) is 0.796. The Kier molecular flexibility index (Phi) is 6.07. The fraction of sp³-hybridized carbons (Fsp3) is 0.440. The number of amides is 2. The summed E-state index contributed by atoms with van der Waals surface area (Å²) in [5.74, 6) is 0.00792. The van der Waals surface area contributed by atoms with Gasteiger partial charge in [-0.2, -0.15) is 0 Å². The van der Waals surface area contributed by atoms with Gasteiger partial charge in [-0.15, -0.1) is 0 Å². The topological polar surface area (TPSA) is 61.4 Å². The lowest BCUT2D eigenvalue weighted by Gasteiger charge is -2.33. The number of nitrogens with zero attached hydrogens (tertiary/aromatic N) is 1. The lowest BCUT2D eigenvalue weighted by molar-refractivity contribution is -0.120. The van der Waals surface area contributed by atoms with Crippen molar-refractivity contribution in [2.75, 3.05) is 18.0 Å². The van der Waals surface area contributed by atoms with Crippen LogP contribution in [0.15, 0.2) is 42.5 Å². The summed E-state index contributed by atoms with van der Waals surface area (Å²) in [5.41, 5.74) is 5.39. The molecular weight excluding hydrogens is 374 g/mol. The Hall–Kier alpha value is -2.82. The minimum Gasteiger partial charge on any atom is -0.362 e. The van der Waals surface area contributed by atoms with E-state index in [9.17, 15) is 9.59 Å². The molecule has 0 bridgehead atoms. The number of anilines is 1. The number of carbonyl (C=O) groups excluding carboxylic acids is 2. The van der Waals surface area contributed by atoms with E-state index in [2.05, 4.69) is 33.7 Å². The summed E-state index contributed by atoms with van der Waals surface area (Å²) in [7, 11) is 0. The molecule has 1 unspecified atom stereocenters. The van der Waals surface area contributed by atoms with Crippen LogP contribution in [0.25, 0.3) is 0 Å². The number of nitrogens with one attached hydrogen (secondary N) is 2. The Bertz CT molecular complexity index is 938. The molecule has 1 atom stereocenters. The van der Waals surface area contributed by atoms with Crippen LogP contribution in [0.3, 0.4) is 0 Å². The zero-order chi connectivity index (χ0) is 21.1. The maximum Gasteiger partial charge on any atom is 0.251 e. The lowest BCUT2D eigenvalue weighted by atomic mass is 9.88. The van der Waals surface area contributed by atoms with Crippen molar-refractivity contribution in [1.82, 2.24) is 10.6 Å². The molecule has 0 aromatic heterocycles. The summed E-state index contributed by atoms with van der Waals surface area (Å²) in [6.45, 7) is 5.08. The van der Waals surface area contributed by atoms with Gasteiger partial charge in [-0.1, -0.05) is 30.3 Å². The van der Waals surface area contributed by atoms with Crippen molar-refractivity contribution in [3.05, 3.63) is 64.7 Å². The molecule has 0 saturated carbocycles. The van der Waals surface area contributed by atoms with Crippen LogP contribution in [-0.2, 0) is 17.6 Å². The van der Waals surface area contributed by atoms with Gasteiger partial charge in [0.2, 0.25) is 5.91 Å². The summed E-state index contributed by atoms with van der Waals surface area (Å²) in [6.07, 6.45) is 4.98. The van der Waals surface area contributed by atoms with Gasteiger partial charge in [-0.3, -0.25) is 9.59 Å². The second-order valence-corrected chi connectivity index (χ2v) is 8.67. The van der Waals surface area contributed by atoms with Crippen LogP contribution in [0.1, 0.15) is 66.2 Å². The molecular formula is C25H31N3O2. The molecule has 0 radical (unpaired) electrons. The number of aryl methyl sites for hydroxylation is 1. The van der Waals surface area contributed by atoms with Crippen LogP contribution >= 0.6 is 0 Å². The average molecular weight is 406 g/mol. The highest BCUT2D eigenvalue weighted by Crippen LogP contribution is 2.31. The molecule has 5 nitrogen and oxygen atoms in total. The zero-order valence-electron chi connectivity index (χ0n) is 17.9. The highest BCUT2D eigenvalue weighted by atomic mass is 16.2. The van der Waals surface area contributed by atoms with E-state index >= 15 is 0 Å². The molecule has 2 aromatic carbocycles. The van der Waals surface area contributed by atoms with Crippen LogP contribution in [0.5, 0.6) is 0 Å². The second-order valence-electron chi connectivity index (χ2n) is 8.67. The summed E-state index contributed by atoms with van der Waals surface area (Å²) >= 11 is 0. The maximum atomic E-state index is 12.9. The Morgan fingerprint density at radius 3 is 2.73 bits per heavy atom. The normalized spacial score (nSPS) is 17.8. The van der Waals surface area contributed by atoms with Crippen molar-refractivity contribution in [2.24, 2.45) is 0 Å². The van der Waals surface area contributed by atoms with Gasteiger partial charge in [0.1, 0.15) is 0 Å². The van der Waals surface area contributed by atoms with Gasteiger partial charge in [0.05, 0.1) is 12.6 Å². The fourth-order valence-electron chi connectivity index (χ4n) is 4.73. The highest BCUT2D eigenvalue weighted by molar-refractivity contribution is 5.97. The summed E-state index contributed by atoms with van der Waals surface area (Å²) in [6, 6.07) is 14.4. The largest absolute Gasteiger partial charge is 0.362 e. The average Bonchev–Trinajstić information content (AvgIpc) is 2.73. The standard InChI is InChI=1S/C25H31N3O2/c1-17(2)26-25(30)21-11-6-14-23-20(21)12-7-15-28(23)16-24(29)27-22-13-5-9-18-8-3-4-10-19(18)22/h3-4,6,8,10-11,14,17,22H,5,7,9,12-13,15-16H2,1-2H3,(H,26,30)(H,27,29). The maximum absolute atomic E-state index is 12.9. The van der Waals surface area contributed by atoms with Gasteiger partial charge in [0.15, 0.2) is 0 Å². The van der Waals surface area contributed by atoms with Gasteiger partial charge < -0.3 is 15.5 Å². The summed E-state index contributed by atoms with van der Waals surface area (Å²) < 4.78 is 0. The number of carbonyl (C=O) groups is 2. The van der Waals surface area contributed by atoms with Crippen molar-refractivity contribution >= 4 is 17.5 Å².